The molecule has 0 spiro atoms. The first-order valence-electron chi connectivity index (χ1n) is 6.34. The molecule has 0 unspecified atom stereocenters. The quantitative estimate of drug-likeness (QED) is 0.494. The molecule has 0 bridgehead atoms. The number of hydrazone groups is 1. The molecule has 0 atom stereocenters. The molecule has 0 saturated heterocycles. The number of nitrogens with zero attached hydrogens (tertiary/aromatic N) is 2. The number of hydrogen-bond donors (Lipinski definition) is 2. The highest BCUT2D eigenvalue weighted by Crippen LogP contribution is 2.11. The Morgan fingerprint density at radius 2 is 1.95 bits per heavy atom. The molecular formula is C15H15BrN4S. The van der Waals surface area contributed by atoms with E-state index in [0.29, 0.717) is 10.9 Å². The average molecular weight is 363 g/mol. The molecule has 1 aromatic heterocycles. The topological polar surface area (TPSA) is 49.3 Å². The van der Waals surface area contributed by atoms with Gasteiger partial charge >= 0.3 is 0 Å². The highest BCUT2D eigenvalue weighted by molar-refractivity contribution is 9.10. The molecule has 6 heteroatoms. The molecule has 0 radical (unpaired) electrons. The summed E-state index contributed by atoms with van der Waals surface area (Å²) in [6.07, 6.45) is 1.73. The van der Waals surface area contributed by atoms with Crippen molar-refractivity contribution in [3.8, 4) is 0 Å². The second-order valence-electron chi connectivity index (χ2n) is 4.49. The molecule has 1 heterocycles. The van der Waals surface area contributed by atoms with Crippen molar-refractivity contribution in [1.29, 1.82) is 0 Å². The SMILES string of the molecule is C/C(=N\NC(=S)Nc1cc(C)ccn1)c1ccc(Br)cc1. The predicted molar refractivity (Wildman–Crippen MR) is 94.7 cm³/mol. The van der Waals surface area contributed by atoms with E-state index in [9.17, 15) is 0 Å². The summed E-state index contributed by atoms with van der Waals surface area (Å²) in [6, 6.07) is 11.8. The van der Waals surface area contributed by atoms with Gasteiger partial charge in [-0.15, -0.1) is 0 Å². The summed E-state index contributed by atoms with van der Waals surface area (Å²) in [5.41, 5.74) is 5.82. The van der Waals surface area contributed by atoms with Crippen molar-refractivity contribution in [3.63, 3.8) is 0 Å². The van der Waals surface area contributed by atoms with E-state index in [-0.39, 0.29) is 0 Å². The Hall–Kier alpha value is -1.79. The number of thiocarbonyl (C=S) groups is 1. The molecule has 1 aromatic carbocycles. The van der Waals surface area contributed by atoms with Gasteiger partial charge in [-0.3, -0.25) is 5.43 Å². The van der Waals surface area contributed by atoms with E-state index >= 15 is 0 Å². The van der Waals surface area contributed by atoms with Crippen LogP contribution in [0.5, 0.6) is 0 Å². The minimum atomic E-state index is 0.407. The van der Waals surface area contributed by atoms with Gasteiger partial charge in [0, 0.05) is 10.7 Å². The van der Waals surface area contributed by atoms with Crippen LogP contribution >= 0.6 is 28.1 Å². The van der Waals surface area contributed by atoms with E-state index in [4.69, 9.17) is 12.2 Å². The highest BCUT2D eigenvalue weighted by Gasteiger charge is 2.00. The minimum Gasteiger partial charge on any atom is -0.316 e. The van der Waals surface area contributed by atoms with Crippen molar-refractivity contribution in [2.24, 2.45) is 5.10 Å². The Labute approximate surface area is 137 Å². The van der Waals surface area contributed by atoms with Crippen LogP contribution < -0.4 is 10.7 Å². The van der Waals surface area contributed by atoms with Crippen molar-refractivity contribution in [2.75, 3.05) is 5.32 Å². The summed E-state index contributed by atoms with van der Waals surface area (Å²) in [4.78, 5) is 4.18. The van der Waals surface area contributed by atoms with Crippen LogP contribution in [0.4, 0.5) is 5.82 Å². The van der Waals surface area contributed by atoms with E-state index in [1.165, 1.54) is 0 Å². The normalized spacial score (nSPS) is 11.1. The molecule has 0 aliphatic carbocycles. The number of rotatable bonds is 3. The first kappa shape index (κ1) is 15.6. The lowest BCUT2D eigenvalue weighted by Crippen LogP contribution is -2.25. The first-order valence-corrected chi connectivity index (χ1v) is 7.54. The molecule has 21 heavy (non-hydrogen) atoms. The number of aromatic nitrogens is 1. The van der Waals surface area contributed by atoms with Gasteiger partial charge in [0.25, 0.3) is 0 Å². The molecule has 108 valence electrons. The van der Waals surface area contributed by atoms with E-state index < -0.39 is 0 Å². The van der Waals surface area contributed by atoms with Gasteiger partial charge < -0.3 is 5.32 Å². The minimum absolute atomic E-state index is 0.407. The Bertz CT molecular complexity index is 668. The van der Waals surface area contributed by atoms with Crippen LogP contribution in [0.1, 0.15) is 18.1 Å². The van der Waals surface area contributed by atoms with Crippen molar-refractivity contribution < 1.29 is 0 Å². The number of hydrogen-bond acceptors (Lipinski definition) is 3. The monoisotopic (exact) mass is 362 g/mol. The number of nitrogens with one attached hydrogen (secondary N) is 2. The Morgan fingerprint density at radius 1 is 1.24 bits per heavy atom. The molecule has 0 aliphatic rings. The van der Waals surface area contributed by atoms with Gasteiger partial charge in [0.1, 0.15) is 5.82 Å². The fraction of sp³-hybridized carbons (Fsp3) is 0.133. The number of aryl methyl sites for hydroxylation is 1. The van der Waals surface area contributed by atoms with Gasteiger partial charge in [-0.2, -0.15) is 5.10 Å². The smallest absolute Gasteiger partial charge is 0.192 e. The van der Waals surface area contributed by atoms with E-state index in [1.54, 1.807) is 6.20 Å². The lowest BCUT2D eigenvalue weighted by atomic mass is 10.1. The summed E-state index contributed by atoms with van der Waals surface area (Å²) in [7, 11) is 0. The maximum Gasteiger partial charge on any atom is 0.192 e. The van der Waals surface area contributed by atoms with Crippen LogP contribution in [-0.4, -0.2) is 15.8 Å². The van der Waals surface area contributed by atoms with Crippen molar-refractivity contribution in [2.45, 2.75) is 13.8 Å². The second kappa shape index (κ2) is 7.28. The van der Waals surface area contributed by atoms with Gasteiger partial charge in [0.05, 0.1) is 5.71 Å². The Morgan fingerprint density at radius 3 is 2.62 bits per heavy atom. The number of pyridine rings is 1. The van der Waals surface area contributed by atoms with Crippen molar-refractivity contribution >= 4 is 44.8 Å². The molecule has 0 fully saturated rings. The van der Waals surface area contributed by atoms with Crippen LogP contribution in [0.3, 0.4) is 0 Å². The zero-order valence-corrected chi connectivity index (χ0v) is 14.1. The third kappa shape index (κ3) is 4.91. The second-order valence-corrected chi connectivity index (χ2v) is 5.81. The van der Waals surface area contributed by atoms with Gasteiger partial charge in [-0.1, -0.05) is 28.1 Å². The summed E-state index contributed by atoms with van der Waals surface area (Å²) < 4.78 is 1.04. The van der Waals surface area contributed by atoms with Crippen molar-refractivity contribution in [3.05, 3.63) is 58.2 Å². The van der Waals surface area contributed by atoms with Crippen LogP contribution in [0.25, 0.3) is 0 Å². The van der Waals surface area contributed by atoms with E-state index in [1.807, 2.05) is 50.2 Å². The maximum absolute atomic E-state index is 5.19. The van der Waals surface area contributed by atoms with E-state index in [0.717, 1.165) is 21.3 Å². The maximum atomic E-state index is 5.19. The van der Waals surface area contributed by atoms with E-state index in [2.05, 4.69) is 36.8 Å². The standard InChI is InChI=1S/C15H15BrN4S/c1-10-7-8-17-14(9-10)18-15(21)20-19-11(2)12-3-5-13(16)6-4-12/h3-9H,1-2H3,(H2,17,18,20,21)/b19-11+. The third-order valence-corrected chi connectivity index (χ3v) is 3.47. The summed E-state index contributed by atoms with van der Waals surface area (Å²) >= 11 is 8.60. The molecule has 2 aromatic rings. The summed E-state index contributed by atoms with van der Waals surface area (Å²) in [5.74, 6) is 0.698. The molecule has 4 nitrogen and oxygen atoms in total. The number of halogens is 1. The molecular weight excluding hydrogens is 348 g/mol. The highest BCUT2D eigenvalue weighted by atomic mass is 79.9. The Kier molecular flexibility index (Phi) is 5.41. The van der Waals surface area contributed by atoms with Gasteiger partial charge in [-0.25, -0.2) is 4.98 Å². The first-order chi connectivity index (χ1) is 10.0. The third-order valence-electron chi connectivity index (χ3n) is 2.74. The van der Waals surface area contributed by atoms with Crippen LogP contribution in [-0.2, 0) is 0 Å². The largest absolute Gasteiger partial charge is 0.316 e. The number of benzene rings is 1. The van der Waals surface area contributed by atoms with Crippen molar-refractivity contribution in [1.82, 2.24) is 10.4 Å². The van der Waals surface area contributed by atoms with Gasteiger partial charge in [-0.05, 0) is 61.5 Å². The Balaban J connectivity index is 1.96. The van der Waals surface area contributed by atoms with Crippen LogP contribution in [0, 0.1) is 6.92 Å². The molecule has 0 saturated carbocycles. The fourth-order valence-corrected chi connectivity index (χ4v) is 2.05. The van der Waals surface area contributed by atoms with Crippen LogP contribution in [0.15, 0.2) is 52.2 Å². The number of anilines is 1. The van der Waals surface area contributed by atoms with Gasteiger partial charge in [0.2, 0.25) is 0 Å². The lowest BCUT2D eigenvalue weighted by Gasteiger charge is -2.08. The predicted octanol–water partition coefficient (Wildman–Crippen LogP) is 3.86. The summed E-state index contributed by atoms with van der Waals surface area (Å²) in [5, 5.41) is 7.66. The lowest BCUT2D eigenvalue weighted by molar-refractivity contribution is 1.03. The van der Waals surface area contributed by atoms with Gasteiger partial charge in [0.15, 0.2) is 5.11 Å². The van der Waals surface area contributed by atoms with Crippen LogP contribution in [0.2, 0.25) is 0 Å². The summed E-state index contributed by atoms with van der Waals surface area (Å²) in [6.45, 7) is 3.92. The molecule has 2 N–H and O–H groups in total. The zero-order chi connectivity index (χ0) is 15.2. The average Bonchev–Trinajstić information content (AvgIpc) is 2.45. The molecule has 2 rings (SSSR count). The molecule has 0 amide bonds. The zero-order valence-electron chi connectivity index (χ0n) is 11.7. The fourth-order valence-electron chi connectivity index (χ4n) is 1.64. The molecule has 0 aliphatic heterocycles.